The second-order valence-electron chi connectivity index (χ2n) is 17.4. The van der Waals surface area contributed by atoms with E-state index in [-0.39, 0.29) is 17.6 Å². The first-order chi connectivity index (χ1) is 29.3. The lowest BCUT2D eigenvalue weighted by molar-refractivity contribution is 0.477. The molecule has 2 aromatic heterocycles. The molecule has 286 valence electrons. The predicted octanol–water partition coefficient (Wildman–Crippen LogP) is 13.0. The molecule has 2 heterocycles. The van der Waals surface area contributed by atoms with Crippen molar-refractivity contribution in [2.45, 2.75) is 31.5 Å². The minimum Gasteiger partial charge on any atom is -0.507 e. The van der Waals surface area contributed by atoms with Gasteiger partial charge >= 0.3 is 0 Å². The fourth-order valence-corrected chi connectivity index (χ4v) is 11.5. The lowest BCUT2D eigenvalue weighted by atomic mass is 9.59. The molecule has 13 rings (SSSR count). The molecule has 1 N–H and O–H groups in total. The SMILES string of the molecule is C[Si](C)(C)c1ccc(-n2c(-c3ccccc3O)nc3c(-c4ccc5c6c(c7cccnc7c5c4)C4c5ccccc5C6c5ccccc54)cccc32)c(-c2ccccc2)c1. The van der Waals surface area contributed by atoms with Gasteiger partial charge in [-0.05, 0) is 86.3 Å². The maximum absolute atomic E-state index is 11.4. The Morgan fingerprint density at radius 1 is 0.500 bits per heavy atom. The highest BCUT2D eigenvalue weighted by Gasteiger charge is 2.43. The Hall–Kier alpha value is -7.08. The fraction of sp³-hybridized carbons (Fsp3) is 0.0909. The van der Waals surface area contributed by atoms with Crippen LogP contribution in [0.4, 0.5) is 0 Å². The van der Waals surface area contributed by atoms with Gasteiger partial charge in [-0.25, -0.2) is 4.98 Å². The summed E-state index contributed by atoms with van der Waals surface area (Å²) in [5.41, 5.74) is 17.4. The molecule has 5 heteroatoms. The van der Waals surface area contributed by atoms with Crippen LogP contribution in [0.5, 0.6) is 5.75 Å². The molecule has 0 saturated heterocycles. The van der Waals surface area contributed by atoms with Crippen molar-refractivity contribution in [3.05, 3.63) is 209 Å². The number of para-hydroxylation sites is 2. The summed E-state index contributed by atoms with van der Waals surface area (Å²) in [6.45, 7) is 7.18. The second kappa shape index (κ2) is 13.0. The van der Waals surface area contributed by atoms with Crippen LogP contribution in [-0.4, -0.2) is 27.7 Å². The first kappa shape index (κ1) is 34.9. The van der Waals surface area contributed by atoms with E-state index in [2.05, 4.69) is 170 Å². The molecule has 0 fully saturated rings. The minimum absolute atomic E-state index is 0.141. The molecule has 8 aromatic carbocycles. The van der Waals surface area contributed by atoms with Crippen molar-refractivity contribution >= 4 is 46.0 Å². The molecule has 10 aromatic rings. The van der Waals surface area contributed by atoms with E-state index in [1.807, 2.05) is 24.4 Å². The third kappa shape index (κ3) is 5.02. The molecule has 2 bridgehead atoms. The number of benzene rings is 8. The molecule has 0 unspecified atom stereocenters. The van der Waals surface area contributed by atoms with Gasteiger partial charge in [0, 0.05) is 39.9 Å². The highest BCUT2D eigenvalue weighted by molar-refractivity contribution is 6.88. The van der Waals surface area contributed by atoms with Gasteiger partial charge in [0.05, 0.1) is 35.9 Å². The van der Waals surface area contributed by atoms with Crippen LogP contribution in [0.15, 0.2) is 176 Å². The summed E-state index contributed by atoms with van der Waals surface area (Å²) in [7, 11) is -1.66. The Morgan fingerprint density at radius 2 is 1.15 bits per heavy atom. The lowest BCUT2D eigenvalue weighted by Gasteiger charge is -2.43. The van der Waals surface area contributed by atoms with Gasteiger partial charge in [0.15, 0.2) is 0 Å². The third-order valence-corrected chi connectivity index (χ3v) is 15.1. The zero-order valence-corrected chi connectivity index (χ0v) is 34.7. The molecule has 4 nitrogen and oxygen atoms in total. The smallest absolute Gasteiger partial charge is 0.149 e. The van der Waals surface area contributed by atoms with Gasteiger partial charge in [-0.15, -0.1) is 0 Å². The van der Waals surface area contributed by atoms with E-state index in [0.717, 1.165) is 49.9 Å². The Bertz CT molecular complexity index is 3350. The van der Waals surface area contributed by atoms with E-state index in [1.54, 1.807) is 6.07 Å². The van der Waals surface area contributed by atoms with E-state index in [9.17, 15) is 5.11 Å². The zero-order chi connectivity index (χ0) is 40.3. The molecule has 0 radical (unpaired) electrons. The molecule has 0 amide bonds. The van der Waals surface area contributed by atoms with Crippen molar-refractivity contribution in [3.63, 3.8) is 0 Å². The van der Waals surface area contributed by atoms with Crippen LogP contribution in [0.1, 0.15) is 45.2 Å². The van der Waals surface area contributed by atoms with Crippen LogP contribution in [0.2, 0.25) is 19.6 Å². The van der Waals surface area contributed by atoms with Crippen molar-refractivity contribution in [2.24, 2.45) is 0 Å². The number of phenols is 1. The number of nitrogens with zero attached hydrogens (tertiary/aromatic N) is 3. The average molecular weight is 788 g/mol. The van der Waals surface area contributed by atoms with E-state index in [4.69, 9.17) is 9.97 Å². The maximum atomic E-state index is 11.4. The number of pyridine rings is 1. The quantitative estimate of drug-likeness (QED) is 0.140. The van der Waals surface area contributed by atoms with Gasteiger partial charge in [-0.2, -0.15) is 0 Å². The standard InChI is InChI=1S/C55H41N3OSi/c1-60(2,3)35-27-29-46(44(32-35)33-15-5-4-6-16-33)58-47-24-13-22-36(54(47)57-55(58)42-21-11-12-25-48(42)59)34-26-28-41-45(31-34)53-43(23-14-30-56-53)52-50-39-19-9-7-17-37(39)49(51(41)52)38-18-8-10-20-40(38)50/h4-32,49-50,59H,1-3H3. The Labute approximate surface area is 350 Å². The number of fused-ring (bicyclic) bond motifs is 4. The van der Waals surface area contributed by atoms with Gasteiger partial charge in [-0.1, -0.05) is 158 Å². The van der Waals surface area contributed by atoms with E-state index in [1.165, 1.54) is 49.3 Å². The van der Waals surface area contributed by atoms with Crippen molar-refractivity contribution in [2.75, 3.05) is 0 Å². The molecule has 0 atom stereocenters. The number of hydrogen-bond donors (Lipinski definition) is 1. The molecule has 0 spiro atoms. The number of phenolic OH excluding ortho intramolecular Hbond substituents is 1. The maximum Gasteiger partial charge on any atom is 0.149 e. The number of rotatable bonds is 5. The lowest BCUT2D eigenvalue weighted by Crippen LogP contribution is -2.37. The number of imidazole rings is 1. The summed E-state index contributed by atoms with van der Waals surface area (Å²) in [5.74, 6) is 1.19. The van der Waals surface area contributed by atoms with Crippen molar-refractivity contribution in [3.8, 4) is 45.1 Å². The first-order valence-corrected chi connectivity index (χ1v) is 24.4. The summed E-state index contributed by atoms with van der Waals surface area (Å²) in [6, 6.07) is 61.0. The van der Waals surface area contributed by atoms with Gasteiger partial charge < -0.3 is 5.11 Å². The number of hydrogen-bond acceptors (Lipinski definition) is 3. The number of aromatic nitrogens is 3. The first-order valence-electron chi connectivity index (χ1n) is 20.9. The third-order valence-electron chi connectivity index (χ3n) is 13.1. The molecule has 0 saturated carbocycles. The Morgan fingerprint density at radius 3 is 1.85 bits per heavy atom. The zero-order valence-electron chi connectivity index (χ0n) is 33.7. The van der Waals surface area contributed by atoms with Crippen LogP contribution in [0.25, 0.3) is 72.0 Å². The van der Waals surface area contributed by atoms with Crippen LogP contribution in [0.3, 0.4) is 0 Å². The van der Waals surface area contributed by atoms with Crippen molar-refractivity contribution < 1.29 is 5.11 Å². The van der Waals surface area contributed by atoms with E-state index >= 15 is 0 Å². The van der Waals surface area contributed by atoms with Gasteiger partial charge in [0.2, 0.25) is 0 Å². The normalized spacial score (nSPS) is 15.3. The Kier molecular flexibility index (Phi) is 7.54. The molecule has 3 aliphatic carbocycles. The van der Waals surface area contributed by atoms with Gasteiger partial charge in [0.1, 0.15) is 11.6 Å². The monoisotopic (exact) mass is 787 g/mol. The molecule has 3 aliphatic rings. The second-order valence-corrected chi connectivity index (χ2v) is 22.5. The number of aromatic hydroxyl groups is 1. The van der Waals surface area contributed by atoms with Crippen LogP contribution < -0.4 is 5.19 Å². The van der Waals surface area contributed by atoms with E-state index in [0.29, 0.717) is 11.4 Å². The van der Waals surface area contributed by atoms with Crippen LogP contribution in [0, 0.1) is 0 Å². The summed E-state index contributed by atoms with van der Waals surface area (Å²) in [6.07, 6.45) is 1.93. The largest absolute Gasteiger partial charge is 0.507 e. The van der Waals surface area contributed by atoms with Crippen LogP contribution >= 0.6 is 0 Å². The topological polar surface area (TPSA) is 50.9 Å². The highest BCUT2D eigenvalue weighted by Crippen LogP contribution is 2.59. The van der Waals surface area contributed by atoms with Crippen LogP contribution in [-0.2, 0) is 0 Å². The predicted molar refractivity (Wildman–Crippen MR) is 250 cm³/mol. The van der Waals surface area contributed by atoms with Gasteiger partial charge in [0.25, 0.3) is 0 Å². The van der Waals surface area contributed by atoms with Crippen molar-refractivity contribution in [1.82, 2.24) is 14.5 Å². The summed E-state index contributed by atoms with van der Waals surface area (Å²) < 4.78 is 2.25. The Balaban J connectivity index is 1.12. The molecular weight excluding hydrogens is 747 g/mol. The van der Waals surface area contributed by atoms with Gasteiger partial charge in [-0.3, -0.25) is 9.55 Å². The highest BCUT2D eigenvalue weighted by atomic mass is 28.3. The van der Waals surface area contributed by atoms with E-state index < -0.39 is 8.07 Å². The summed E-state index contributed by atoms with van der Waals surface area (Å²) >= 11 is 0. The molecular formula is C55H41N3OSi. The minimum atomic E-state index is -1.66. The summed E-state index contributed by atoms with van der Waals surface area (Å²) in [5, 5.41) is 16.4. The average Bonchev–Trinajstić information content (AvgIpc) is 3.68. The molecule has 0 aliphatic heterocycles. The summed E-state index contributed by atoms with van der Waals surface area (Å²) in [4.78, 5) is 10.6. The fourth-order valence-electron chi connectivity index (χ4n) is 10.4. The van der Waals surface area contributed by atoms with Crippen molar-refractivity contribution in [1.29, 1.82) is 0 Å². The molecule has 60 heavy (non-hydrogen) atoms.